The molecule has 1 heterocycles. The first kappa shape index (κ1) is 10.3. The van der Waals surface area contributed by atoms with Crippen LogP contribution >= 0.6 is 11.8 Å². The van der Waals surface area contributed by atoms with Crippen LogP contribution < -0.4 is 10.2 Å². The monoisotopic (exact) mass is 224 g/mol. The van der Waals surface area contributed by atoms with Gasteiger partial charge in [0.1, 0.15) is 11.6 Å². The highest BCUT2D eigenvalue weighted by molar-refractivity contribution is 7.99. The van der Waals surface area contributed by atoms with Crippen LogP contribution in [0.5, 0.6) is 5.75 Å². The fourth-order valence-electron chi connectivity index (χ4n) is 1.37. The van der Waals surface area contributed by atoms with Crippen LogP contribution in [0.2, 0.25) is 0 Å². The number of aliphatic imine (C=N–C) groups is 1. The van der Waals surface area contributed by atoms with Gasteiger partial charge < -0.3 is 4.74 Å². The van der Waals surface area contributed by atoms with E-state index in [1.165, 1.54) is 0 Å². The molecule has 0 unspecified atom stereocenters. The number of fused-ring (bicyclic) bond motifs is 1. The van der Waals surface area contributed by atoms with Crippen molar-refractivity contribution in [3.8, 4) is 5.75 Å². The molecule has 1 aliphatic rings. The van der Waals surface area contributed by atoms with Crippen molar-refractivity contribution < 1.29 is 9.94 Å². The van der Waals surface area contributed by atoms with Gasteiger partial charge in [-0.05, 0) is 12.1 Å². The second-order valence-corrected chi connectivity index (χ2v) is 4.24. The number of nitrogens with zero attached hydrogens (tertiary/aromatic N) is 1. The van der Waals surface area contributed by atoms with E-state index in [0.717, 1.165) is 28.5 Å². The van der Waals surface area contributed by atoms with Crippen molar-refractivity contribution in [1.29, 1.82) is 0 Å². The highest BCUT2D eigenvalue weighted by Crippen LogP contribution is 2.35. The number of rotatable bonds is 1. The minimum atomic E-state index is 0.592. The van der Waals surface area contributed by atoms with Crippen LogP contribution in [0.3, 0.4) is 0 Å². The molecule has 2 N–H and O–H groups in total. The highest BCUT2D eigenvalue weighted by Gasteiger charge is 2.10. The van der Waals surface area contributed by atoms with E-state index >= 15 is 0 Å². The third-order valence-electron chi connectivity index (χ3n) is 2.15. The summed E-state index contributed by atoms with van der Waals surface area (Å²) < 4.78 is 5.13. The minimum Gasteiger partial charge on any atom is -0.497 e. The number of hydrogen-bond donors (Lipinski definition) is 2. The molecule has 0 fully saturated rings. The molecule has 0 aliphatic carbocycles. The fraction of sp³-hybridized carbons (Fsp3) is 0.300. The molecule has 0 spiro atoms. The maximum atomic E-state index is 8.85. The van der Waals surface area contributed by atoms with Crippen LogP contribution in [0.15, 0.2) is 28.1 Å². The van der Waals surface area contributed by atoms with E-state index in [0.29, 0.717) is 5.84 Å². The zero-order valence-electron chi connectivity index (χ0n) is 8.36. The van der Waals surface area contributed by atoms with Crippen molar-refractivity contribution in [2.24, 2.45) is 4.99 Å². The van der Waals surface area contributed by atoms with Crippen LogP contribution in [-0.4, -0.2) is 23.9 Å². The van der Waals surface area contributed by atoms with Gasteiger partial charge in [-0.2, -0.15) is 0 Å². The Balaban J connectivity index is 2.41. The van der Waals surface area contributed by atoms with Crippen LogP contribution in [0.25, 0.3) is 0 Å². The molecule has 0 aromatic heterocycles. The molecular weight excluding hydrogens is 212 g/mol. The average molecular weight is 224 g/mol. The molecule has 0 radical (unpaired) electrons. The maximum Gasteiger partial charge on any atom is 0.127 e. The first-order valence-electron chi connectivity index (χ1n) is 4.62. The molecule has 4 nitrogen and oxygen atoms in total. The molecular formula is C10H12N2O2S. The summed E-state index contributed by atoms with van der Waals surface area (Å²) in [6.07, 6.45) is 0.734. The molecule has 0 saturated heterocycles. The van der Waals surface area contributed by atoms with E-state index in [9.17, 15) is 0 Å². The molecule has 0 saturated carbocycles. The van der Waals surface area contributed by atoms with Crippen LogP contribution in [-0.2, 0) is 0 Å². The van der Waals surface area contributed by atoms with E-state index in [2.05, 4.69) is 10.5 Å². The molecule has 0 amide bonds. The lowest BCUT2D eigenvalue weighted by atomic mass is 10.3. The first-order chi connectivity index (χ1) is 7.33. The van der Waals surface area contributed by atoms with Gasteiger partial charge in [-0.3, -0.25) is 10.7 Å². The lowest BCUT2D eigenvalue weighted by Crippen LogP contribution is -2.18. The van der Waals surface area contributed by atoms with Crippen molar-refractivity contribution in [2.75, 3.05) is 12.9 Å². The Kier molecular flexibility index (Phi) is 3.13. The van der Waals surface area contributed by atoms with E-state index in [-0.39, 0.29) is 0 Å². The van der Waals surface area contributed by atoms with Crippen molar-refractivity contribution in [3.63, 3.8) is 0 Å². The van der Waals surface area contributed by atoms with Gasteiger partial charge in [-0.25, -0.2) is 4.99 Å². The van der Waals surface area contributed by atoms with Crippen molar-refractivity contribution >= 4 is 23.3 Å². The summed E-state index contributed by atoms with van der Waals surface area (Å²) in [5, 5.41) is 8.85. The van der Waals surface area contributed by atoms with E-state index < -0.39 is 0 Å². The summed E-state index contributed by atoms with van der Waals surface area (Å²) in [5.41, 5.74) is 2.96. The molecule has 80 valence electrons. The largest absolute Gasteiger partial charge is 0.497 e. The number of hydroxylamine groups is 1. The smallest absolute Gasteiger partial charge is 0.127 e. The van der Waals surface area contributed by atoms with Crippen LogP contribution in [0.1, 0.15) is 6.42 Å². The van der Waals surface area contributed by atoms with E-state index in [1.807, 2.05) is 18.2 Å². The number of benzene rings is 1. The van der Waals surface area contributed by atoms with Crippen LogP contribution in [0, 0.1) is 0 Å². The number of methoxy groups -OCH3 is 1. The van der Waals surface area contributed by atoms with E-state index in [4.69, 9.17) is 9.94 Å². The van der Waals surface area contributed by atoms with Gasteiger partial charge in [0.25, 0.3) is 0 Å². The summed E-state index contributed by atoms with van der Waals surface area (Å²) in [5.74, 6) is 2.28. The summed E-state index contributed by atoms with van der Waals surface area (Å²) in [6.45, 7) is 0. The van der Waals surface area contributed by atoms with Crippen molar-refractivity contribution in [2.45, 2.75) is 11.3 Å². The maximum absolute atomic E-state index is 8.85. The van der Waals surface area contributed by atoms with Gasteiger partial charge in [0.2, 0.25) is 0 Å². The average Bonchev–Trinajstić information content (AvgIpc) is 2.49. The Bertz CT molecular complexity index is 393. The zero-order valence-corrected chi connectivity index (χ0v) is 9.17. The number of amidine groups is 1. The standard InChI is InChI=1S/C10H12N2O2S/c1-14-7-2-3-9-8(6-7)11-10(12-13)4-5-15-9/h2-3,6,13H,4-5H2,1H3,(H,11,12). The van der Waals surface area contributed by atoms with E-state index in [1.54, 1.807) is 18.9 Å². The third kappa shape index (κ3) is 2.24. The Labute approximate surface area is 92.3 Å². The number of hydrogen-bond acceptors (Lipinski definition) is 5. The molecule has 15 heavy (non-hydrogen) atoms. The molecule has 1 aromatic rings. The highest BCUT2D eigenvalue weighted by atomic mass is 32.2. The number of ether oxygens (including phenoxy) is 1. The Morgan fingerprint density at radius 3 is 3.13 bits per heavy atom. The molecule has 0 atom stereocenters. The summed E-state index contributed by atoms with van der Waals surface area (Å²) >= 11 is 1.73. The number of thioether (sulfide) groups is 1. The Morgan fingerprint density at radius 1 is 1.53 bits per heavy atom. The van der Waals surface area contributed by atoms with Gasteiger partial charge in [-0.15, -0.1) is 11.8 Å². The van der Waals surface area contributed by atoms with Gasteiger partial charge in [-0.1, -0.05) is 0 Å². The summed E-state index contributed by atoms with van der Waals surface area (Å²) in [4.78, 5) is 5.43. The first-order valence-corrected chi connectivity index (χ1v) is 5.60. The molecule has 1 aliphatic heterocycles. The van der Waals surface area contributed by atoms with Crippen LogP contribution in [0.4, 0.5) is 5.69 Å². The summed E-state index contributed by atoms with van der Waals surface area (Å²) in [6, 6.07) is 5.77. The zero-order chi connectivity index (χ0) is 10.7. The molecule has 5 heteroatoms. The fourth-order valence-corrected chi connectivity index (χ4v) is 2.31. The topological polar surface area (TPSA) is 53.8 Å². The Morgan fingerprint density at radius 2 is 2.40 bits per heavy atom. The van der Waals surface area contributed by atoms with Crippen molar-refractivity contribution in [1.82, 2.24) is 5.48 Å². The van der Waals surface area contributed by atoms with Gasteiger partial charge in [0.05, 0.1) is 12.8 Å². The molecule has 0 bridgehead atoms. The normalized spacial score (nSPS) is 14.9. The van der Waals surface area contributed by atoms with Gasteiger partial charge in [0.15, 0.2) is 0 Å². The lowest BCUT2D eigenvalue weighted by Gasteiger charge is -2.04. The number of nitrogens with one attached hydrogen (secondary N) is 1. The molecule has 1 aromatic carbocycles. The third-order valence-corrected chi connectivity index (χ3v) is 3.21. The quantitative estimate of drug-likeness (QED) is 0.718. The second kappa shape index (κ2) is 4.55. The summed E-state index contributed by atoms with van der Waals surface area (Å²) in [7, 11) is 1.63. The predicted octanol–water partition coefficient (Wildman–Crippen LogP) is 2.20. The minimum absolute atomic E-state index is 0.592. The van der Waals surface area contributed by atoms with Crippen molar-refractivity contribution in [3.05, 3.63) is 18.2 Å². The van der Waals surface area contributed by atoms with Gasteiger partial charge >= 0.3 is 0 Å². The predicted molar refractivity (Wildman–Crippen MR) is 60.4 cm³/mol. The SMILES string of the molecule is COc1ccc2c(c1)N=C(NO)CCS2. The molecule has 2 rings (SSSR count). The van der Waals surface area contributed by atoms with Gasteiger partial charge in [0, 0.05) is 23.1 Å². The lowest BCUT2D eigenvalue weighted by molar-refractivity contribution is 0.232. The Hall–Kier alpha value is -1.20. The second-order valence-electron chi connectivity index (χ2n) is 3.10.